The van der Waals surface area contributed by atoms with Gasteiger partial charge in [-0.2, -0.15) is 0 Å². The van der Waals surface area contributed by atoms with Gasteiger partial charge in [0.2, 0.25) is 0 Å². The second kappa shape index (κ2) is 12.6. The van der Waals surface area contributed by atoms with E-state index < -0.39 is 0 Å². The number of nitrogens with zero attached hydrogens (tertiary/aromatic N) is 5. The average Bonchev–Trinajstić information content (AvgIpc) is 3.33. The van der Waals surface area contributed by atoms with Crippen molar-refractivity contribution < 1.29 is 14.5 Å². The standard InChI is InChI=1S/C26H30ClN5O4S.ClH/c1-18-15-20(27)17-23-24(18)28-26(37-23)31(10-9-29-11-13-36-14-12-29)25(33)19-5-6-21(22(16-19)32(34)35)30-7-3-2-4-8-30;/h5-6,15-17H,2-4,7-14H2,1H3;1H. The number of hydrogen-bond acceptors (Lipinski definition) is 8. The highest BCUT2D eigenvalue weighted by Crippen LogP contribution is 2.35. The number of benzene rings is 2. The Morgan fingerprint density at radius 1 is 1.16 bits per heavy atom. The number of aryl methyl sites for hydroxylation is 1. The van der Waals surface area contributed by atoms with Crippen molar-refractivity contribution in [2.75, 3.05) is 62.3 Å². The van der Waals surface area contributed by atoms with Crippen LogP contribution >= 0.6 is 35.3 Å². The van der Waals surface area contributed by atoms with Gasteiger partial charge in [-0.1, -0.05) is 22.9 Å². The van der Waals surface area contributed by atoms with Crippen LogP contribution in [-0.4, -0.2) is 73.2 Å². The number of carbonyl (C=O) groups is 1. The molecule has 0 bridgehead atoms. The van der Waals surface area contributed by atoms with Crippen molar-refractivity contribution in [3.05, 3.63) is 56.6 Å². The Balaban J connectivity index is 0.00000336. The number of piperidine rings is 1. The van der Waals surface area contributed by atoms with Gasteiger partial charge in [0.1, 0.15) is 5.69 Å². The zero-order chi connectivity index (χ0) is 25.9. The summed E-state index contributed by atoms with van der Waals surface area (Å²) in [6.07, 6.45) is 3.15. The van der Waals surface area contributed by atoms with Gasteiger partial charge in [0.15, 0.2) is 5.13 Å². The number of amides is 1. The maximum atomic E-state index is 13.9. The topological polar surface area (TPSA) is 92.0 Å². The molecule has 2 aliphatic heterocycles. The number of nitro groups is 1. The van der Waals surface area contributed by atoms with Crippen LogP contribution in [0.1, 0.15) is 35.2 Å². The zero-order valence-corrected chi connectivity index (χ0v) is 23.6. The van der Waals surface area contributed by atoms with Gasteiger partial charge in [0, 0.05) is 55.9 Å². The van der Waals surface area contributed by atoms with Crippen molar-refractivity contribution in [1.29, 1.82) is 0 Å². The van der Waals surface area contributed by atoms with E-state index in [4.69, 9.17) is 21.3 Å². The molecule has 1 aromatic heterocycles. The Kier molecular flexibility index (Phi) is 9.43. The minimum absolute atomic E-state index is 0. The van der Waals surface area contributed by atoms with Crippen LogP contribution in [0.3, 0.4) is 0 Å². The molecule has 12 heteroatoms. The Bertz CT molecular complexity index is 1310. The first-order valence-corrected chi connectivity index (χ1v) is 13.8. The molecule has 2 aliphatic rings. The summed E-state index contributed by atoms with van der Waals surface area (Å²) < 4.78 is 6.35. The van der Waals surface area contributed by atoms with Crippen molar-refractivity contribution in [3.8, 4) is 0 Å². The Morgan fingerprint density at radius 2 is 1.89 bits per heavy atom. The third kappa shape index (κ3) is 6.21. The third-order valence-electron chi connectivity index (χ3n) is 6.97. The lowest BCUT2D eigenvalue weighted by atomic mass is 10.1. The largest absolute Gasteiger partial charge is 0.379 e. The third-order valence-corrected chi connectivity index (χ3v) is 8.22. The lowest BCUT2D eigenvalue weighted by molar-refractivity contribution is -0.384. The Hall–Kier alpha value is -2.50. The maximum absolute atomic E-state index is 13.9. The van der Waals surface area contributed by atoms with E-state index in [9.17, 15) is 14.9 Å². The molecule has 204 valence electrons. The Labute approximate surface area is 236 Å². The highest BCUT2D eigenvalue weighted by Gasteiger charge is 2.27. The van der Waals surface area contributed by atoms with Gasteiger partial charge in [-0.3, -0.25) is 24.7 Å². The number of aromatic nitrogens is 1. The van der Waals surface area contributed by atoms with Crippen molar-refractivity contribution in [3.63, 3.8) is 0 Å². The number of nitro benzene ring substituents is 1. The summed E-state index contributed by atoms with van der Waals surface area (Å²) in [6.45, 7) is 7.50. The number of carbonyl (C=O) groups excluding carboxylic acids is 1. The molecular weight excluding hydrogens is 549 g/mol. The maximum Gasteiger partial charge on any atom is 0.293 e. The molecule has 38 heavy (non-hydrogen) atoms. The number of morpholine rings is 1. The molecule has 9 nitrogen and oxygen atoms in total. The number of rotatable bonds is 7. The summed E-state index contributed by atoms with van der Waals surface area (Å²) in [7, 11) is 0. The monoisotopic (exact) mass is 579 g/mol. The number of hydrogen-bond donors (Lipinski definition) is 0. The minimum Gasteiger partial charge on any atom is -0.379 e. The van der Waals surface area contributed by atoms with Gasteiger partial charge >= 0.3 is 0 Å². The highest BCUT2D eigenvalue weighted by atomic mass is 35.5. The first kappa shape index (κ1) is 28.5. The van der Waals surface area contributed by atoms with E-state index in [-0.39, 0.29) is 34.5 Å². The molecule has 0 spiro atoms. The van der Waals surface area contributed by atoms with Crippen LogP contribution in [0.15, 0.2) is 30.3 Å². The first-order chi connectivity index (χ1) is 17.9. The van der Waals surface area contributed by atoms with Crippen molar-refractivity contribution in [1.82, 2.24) is 9.88 Å². The van der Waals surface area contributed by atoms with E-state index in [0.717, 1.165) is 61.2 Å². The van der Waals surface area contributed by atoms with E-state index in [0.29, 0.717) is 42.1 Å². The predicted octanol–water partition coefficient (Wildman–Crippen LogP) is 5.56. The van der Waals surface area contributed by atoms with Gasteiger partial charge < -0.3 is 9.64 Å². The van der Waals surface area contributed by atoms with Crippen LogP contribution < -0.4 is 9.80 Å². The summed E-state index contributed by atoms with van der Waals surface area (Å²) in [6, 6.07) is 8.56. The lowest BCUT2D eigenvalue weighted by Crippen LogP contribution is -2.43. The molecule has 3 heterocycles. The highest BCUT2D eigenvalue weighted by molar-refractivity contribution is 7.22. The molecule has 1 amide bonds. The fourth-order valence-corrected chi connectivity index (χ4v) is 6.41. The minimum atomic E-state index is -0.387. The molecule has 0 saturated carbocycles. The van der Waals surface area contributed by atoms with Crippen LogP contribution in [0.2, 0.25) is 5.02 Å². The number of thiazole rings is 1. The summed E-state index contributed by atoms with van der Waals surface area (Å²) in [5.41, 5.74) is 2.56. The zero-order valence-electron chi connectivity index (χ0n) is 21.2. The van der Waals surface area contributed by atoms with Gasteiger partial charge in [0.05, 0.1) is 28.4 Å². The Morgan fingerprint density at radius 3 is 2.61 bits per heavy atom. The van der Waals surface area contributed by atoms with Crippen LogP contribution in [0.25, 0.3) is 10.2 Å². The van der Waals surface area contributed by atoms with Crippen LogP contribution in [0.4, 0.5) is 16.5 Å². The van der Waals surface area contributed by atoms with E-state index in [2.05, 4.69) is 4.90 Å². The van der Waals surface area contributed by atoms with Crippen molar-refractivity contribution >= 4 is 68.0 Å². The summed E-state index contributed by atoms with van der Waals surface area (Å²) >= 11 is 7.68. The fraction of sp³-hybridized carbons (Fsp3) is 0.462. The van der Waals surface area contributed by atoms with Crippen molar-refractivity contribution in [2.45, 2.75) is 26.2 Å². The van der Waals surface area contributed by atoms with Crippen LogP contribution in [0, 0.1) is 17.0 Å². The molecule has 2 fully saturated rings. The molecule has 0 N–H and O–H groups in total. The first-order valence-electron chi connectivity index (χ1n) is 12.6. The summed E-state index contributed by atoms with van der Waals surface area (Å²) in [5, 5.41) is 13.2. The van der Waals surface area contributed by atoms with E-state index in [1.54, 1.807) is 17.0 Å². The molecule has 0 unspecified atom stereocenters. The molecular formula is C26H31Cl2N5O4S. The van der Waals surface area contributed by atoms with Gasteiger partial charge in [0.25, 0.3) is 11.6 Å². The van der Waals surface area contributed by atoms with E-state index >= 15 is 0 Å². The van der Waals surface area contributed by atoms with Gasteiger partial charge in [-0.15, -0.1) is 12.4 Å². The molecule has 0 aliphatic carbocycles. The molecule has 5 rings (SSSR count). The fourth-order valence-electron chi connectivity index (χ4n) is 4.97. The number of fused-ring (bicyclic) bond motifs is 1. The molecule has 3 aromatic rings. The van der Waals surface area contributed by atoms with E-state index in [1.165, 1.54) is 17.4 Å². The number of halogens is 2. The molecule has 2 saturated heterocycles. The van der Waals surface area contributed by atoms with Gasteiger partial charge in [-0.05, 0) is 56.0 Å². The normalized spacial score (nSPS) is 16.3. The lowest BCUT2D eigenvalue weighted by Gasteiger charge is -2.30. The second-order valence-electron chi connectivity index (χ2n) is 9.48. The van der Waals surface area contributed by atoms with Crippen LogP contribution in [0.5, 0.6) is 0 Å². The summed E-state index contributed by atoms with van der Waals surface area (Å²) in [5.74, 6) is -0.302. The van der Waals surface area contributed by atoms with Crippen LogP contribution in [-0.2, 0) is 4.74 Å². The quantitative estimate of drug-likeness (QED) is 0.267. The summed E-state index contributed by atoms with van der Waals surface area (Å²) in [4.78, 5) is 36.3. The van der Waals surface area contributed by atoms with Crippen molar-refractivity contribution in [2.24, 2.45) is 0 Å². The second-order valence-corrected chi connectivity index (χ2v) is 10.9. The molecule has 0 radical (unpaired) electrons. The van der Waals surface area contributed by atoms with Gasteiger partial charge in [-0.25, -0.2) is 4.98 Å². The predicted molar refractivity (Wildman–Crippen MR) is 155 cm³/mol. The SMILES string of the molecule is Cc1cc(Cl)cc2sc(N(CCN3CCOCC3)C(=O)c3ccc(N4CCCCC4)c([N+](=O)[O-])c3)nc12.Cl. The number of ether oxygens (including phenoxy) is 1. The van der Waals surface area contributed by atoms with E-state index in [1.807, 2.05) is 24.0 Å². The number of anilines is 2. The smallest absolute Gasteiger partial charge is 0.293 e. The molecule has 2 aromatic carbocycles. The average molecular weight is 581 g/mol. The molecule has 0 atom stereocenters.